The first kappa shape index (κ1) is 11.2. The first-order valence-electron chi connectivity index (χ1n) is 6.83. The van der Waals surface area contributed by atoms with Crippen LogP contribution < -0.4 is 0 Å². The zero-order valence-corrected chi connectivity index (χ0v) is 10.3. The van der Waals surface area contributed by atoms with Gasteiger partial charge in [-0.05, 0) is 31.4 Å². The summed E-state index contributed by atoms with van der Waals surface area (Å²) in [6.07, 6.45) is 4.66. The van der Waals surface area contributed by atoms with Crippen molar-refractivity contribution < 1.29 is 5.11 Å². The molecule has 2 aliphatic rings. The molecule has 3 rings (SSSR count). The van der Waals surface area contributed by atoms with E-state index in [1.54, 1.807) is 0 Å². The Morgan fingerprint density at radius 2 is 1.82 bits per heavy atom. The summed E-state index contributed by atoms with van der Waals surface area (Å²) in [6.45, 7) is 2.30. The van der Waals surface area contributed by atoms with Crippen LogP contribution in [0.15, 0.2) is 30.3 Å². The summed E-state index contributed by atoms with van der Waals surface area (Å²) in [5.41, 5.74) is 1.32. The van der Waals surface area contributed by atoms with Gasteiger partial charge in [0.15, 0.2) is 0 Å². The molecular formula is C15H21NO. The maximum absolute atomic E-state index is 10.3. The lowest BCUT2D eigenvalue weighted by Crippen LogP contribution is -2.51. The molecule has 92 valence electrons. The third kappa shape index (κ3) is 2.12. The number of aliphatic hydroxyl groups is 1. The molecule has 2 aliphatic heterocycles. The molecule has 2 heterocycles. The van der Waals surface area contributed by atoms with Crippen molar-refractivity contribution in [2.45, 2.75) is 43.7 Å². The van der Waals surface area contributed by atoms with Crippen molar-refractivity contribution in [1.82, 2.24) is 4.90 Å². The fraction of sp³-hybridized carbons (Fsp3) is 0.600. The Hall–Kier alpha value is -0.860. The van der Waals surface area contributed by atoms with Gasteiger partial charge < -0.3 is 5.11 Å². The maximum Gasteiger partial charge on any atom is 0.0636 e. The van der Waals surface area contributed by atoms with Crippen LogP contribution in [0.5, 0.6) is 0 Å². The predicted molar refractivity (Wildman–Crippen MR) is 69.0 cm³/mol. The van der Waals surface area contributed by atoms with E-state index in [0.717, 1.165) is 13.0 Å². The molecule has 0 bridgehead atoms. The third-order valence-electron chi connectivity index (χ3n) is 4.39. The molecule has 0 saturated carbocycles. The summed E-state index contributed by atoms with van der Waals surface area (Å²) in [5, 5.41) is 10.3. The summed E-state index contributed by atoms with van der Waals surface area (Å²) in [7, 11) is 0. The molecule has 2 saturated heterocycles. The second kappa shape index (κ2) is 4.79. The van der Waals surface area contributed by atoms with Gasteiger partial charge in [0.05, 0.1) is 6.10 Å². The molecule has 1 aromatic carbocycles. The molecule has 0 aliphatic carbocycles. The van der Waals surface area contributed by atoms with Gasteiger partial charge in [-0.25, -0.2) is 0 Å². The number of fused-ring (bicyclic) bond motifs is 1. The largest absolute Gasteiger partial charge is 0.392 e. The number of aliphatic hydroxyl groups excluding tert-OH is 1. The lowest BCUT2D eigenvalue weighted by atomic mass is 9.77. The second-order valence-electron chi connectivity index (χ2n) is 5.39. The van der Waals surface area contributed by atoms with Gasteiger partial charge in [0, 0.05) is 18.5 Å². The van der Waals surface area contributed by atoms with Gasteiger partial charge in [-0.2, -0.15) is 0 Å². The highest BCUT2D eigenvalue weighted by molar-refractivity contribution is 5.24. The molecule has 2 fully saturated rings. The van der Waals surface area contributed by atoms with Crippen LogP contribution in [0.25, 0.3) is 0 Å². The highest BCUT2D eigenvalue weighted by Crippen LogP contribution is 2.37. The molecule has 0 spiro atoms. The van der Waals surface area contributed by atoms with Gasteiger partial charge in [-0.3, -0.25) is 4.90 Å². The molecule has 2 heteroatoms. The van der Waals surface area contributed by atoms with Crippen molar-refractivity contribution in [3.8, 4) is 0 Å². The van der Waals surface area contributed by atoms with Gasteiger partial charge in [0.2, 0.25) is 0 Å². The highest BCUT2D eigenvalue weighted by atomic mass is 16.3. The minimum atomic E-state index is -0.156. The molecule has 1 aromatic rings. The van der Waals surface area contributed by atoms with Gasteiger partial charge in [0.1, 0.15) is 0 Å². The molecule has 0 aromatic heterocycles. The predicted octanol–water partition coefficient (Wildman–Crippen LogP) is 2.39. The molecular weight excluding hydrogens is 210 g/mol. The van der Waals surface area contributed by atoms with Crippen molar-refractivity contribution in [2.75, 3.05) is 13.1 Å². The number of rotatable bonds is 1. The first-order valence-corrected chi connectivity index (χ1v) is 6.83. The van der Waals surface area contributed by atoms with Gasteiger partial charge in [-0.1, -0.05) is 36.8 Å². The van der Waals surface area contributed by atoms with Crippen LogP contribution in [0.4, 0.5) is 0 Å². The van der Waals surface area contributed by atoms with Gasteiger partial charge in [-0.15, -0.1) is 0 Å². The zero-order valence-electron chi connectivity index (χ0n) is 10.3. The molecule has 2 nitrogen and oxygen atoms in total. The average Bonchev–Trinajstić information content (AvgIpc) is 2.39. The van der Waals surface area contributed by atoms with E-state index in [1.807, 2.05) is 0 Å². The number of hydrogen-bond donors (Lipinski definition) is 1. The summed E-state index contributed by atoms with van der Waals surface area (Å²) < 4.78 is 0. The molecule has 0 unspecified atom stereocenters. The Bertz CT molecular complexity index is 364. The molecule has 0 amide bonds. The third-order valence-corrected chi connectivity index (χ3v) is 4.39. The topological polar surface area (TPSA) is 23.5 Å². The standard InChI is InChI=1S/C15H21NO/c17-14-9-11-16-10-5-4-8-13(16)15(14)12-6-2-1-3-7-12/h1-3,6-7,13-15,17H,4-5,8-11H2/t13-,14+,15-/m1/s1. The highest BCUT2D eigenvalue weighted by Gasteiger charge is 2.38. The second-order valence-corrected chi connectivity index (χ2v) is 5.39. The van der Waals surface area contributed by atoms with Crippen molar-refractivity contribution in [3.63, 3.8) is 0 Å². The summed E-state index contributed by atoms with van der Waals surface area (Å²) in [6, 6.07) is 11.1. The average molecular weight is 231 g/mol. The maximum atomic E-state index is 10.3. The fourth-order valence-electron chi connectivity index (χ4n) is 3.55. The van der Waals surface area contributed by atoms with Crippen LogP contribution in [-0.4, -0.2) is 35.2 Å². The lowest BCUT2D eigenvalue weighted by molar-refractivity contribution is 0.00107. The Morgan fingerprint density at radius 3 is 2.65 bits per heavy atom. The van der Waals surface area contributed by atoms with E-state index >= 15 is 0 Å². The minimum Gasteiger partial charge on any atom is -0.392 e. The van der Waals surface area contributed by atoms with E-state index in [4.69, 9.17) is 0 Å². The van der Waals surface area contributed by atoms with Crippen molar-refractivity contribution in [2.24, 2.45) is 0 Å². The van der Waals surface area contributed by atoms with E-state index in [-0.39, 0.29) is 6.10 Å². The Balaban J connectivity index is 1.89. The van der Waals surface area contributed by atoms with E-state index in [9.17, 15) is 5.11 Å². The van der Waals surface area contributed by atoms with E-state index in [1.165, 1.54) is 31.4 Å². The number of benzene rings is 1. The zero-order chi connectivity index (χ0) is 11.7. The van der Waals surface area contributed by atoms with Gasteiger partial charge >= 0.3 is 0 Å². The van der Waals surface area contributed by atoms with Crippen LogP contribution in [0.3, 0.4) is 0 Å². The van der Waals surface area contributed by atoms with Crippen molar-refractivity contribution >= 4 is 0 Å². The smallest absolute Gasteiger partial charge is 0.0636 e. The number of nitrogens with zero attached hydrogens (tertiary/aromatic N) is 1. The minimum absolute atomic E-state index is 0.156. The van der Waals surface area contributed by atoms with Crippen molar-refractivity contribution in [3.05, 3.63) is 35.9 Å². The quantitative estimate of drug-likeness (QED) is 0.802. The van der Waals surface area contributed by atoms with Crippen LogP contribution in [0, 0.1) is 0 Å². The summed E-state index contributed by atoms with van der Waals surface area (Å²) in [4.78, 5) is 2.59. The summed E-state index contributed by atoms with van der Waals surface area (Å²) in [5.74, 6) is 0.324. The van der Waals surface area contributed by atoms with E-state index in [2.05, 4.69) is 35.2 Å². The van der Waals surface area contributed by atoms with Crippen LogP contribution in [-0.2, 0) is 0 Å². The number of hydrogen-bond acceptors (Lipinski definition) is 2. The Labute approximate surface area is 103 Å². The molecule has 0 radical (unpaired) electrons. The number of piperidine rings is 2. The Kier molecular flexibility index (Phi) is 3.17. The SMILES string of the molecule is O[C@H]1CCN2CCCC[C@@H]2[C@H]1c1ccccc1. The lowest BCUT2D eigenvalue weighted by Gasteiger charge is -2.46. The van der Waals surface area contributed by atoms with Crippen LogP contribution in [0.1, 0.15) is 37.2 Å². The van der Waals surface area contributed by atoms with Crippen LogP contribution >= 0.6 is 0 Å². The molecule has 1 N–H and O–H groups in total. The molecule has 3 atom stereocenters. The summed E-state index contributed by atoms with van der Waals surface area (Å²) >= 11 is 0. The molecule has 17 heavy (non-hydrogen) atoms. The van der Waals surface area contributed by atoms with E-state index in [0.29, 0.717) is 12.0 Å². The van der Waals surface area contributed by atoms with Crippen LogP contribution in [0.2, 0.25) is 0 Å². The first-order chi connectivity index (χ1) is 8.36. The Morgan fingerprint density at radius 1 is 1.00 bits per heavy atom. The van der Waals surface area contributed by atoms with Gasteiger partial charge in [0.25, 0.3) is 0 Å². The fourth-order valence-corrected chi connectivity index (χ4v) is 3.55. The van der Waals surface area contributed by atoms with E-state index < -0.39 is 0 Å². The van der Waals surface area contributed by atoms with Crippen molar-refractivity contribution in [1.29, 1.82) is 0 Å². The normalized spacial score (nSPS) is 34.3. The monoisotopic (exact) mass is 231 g/mol.